The minimum Gasteiger partial charge on any atom is -0.381 e. The van der Waals surface area contributed by atoms with Crippen LogP contribution in [-0.2, 0) is 9.53 Å². The SMILES string of the molecule is CCCCCCCCOCCC(=O)Cl. The lowest BCUT2D eigenvalue weighted by molar-refractivity contribution is -0.112. The molecule has 0 aromatic carbocycles. The highest BCUT2D eigenvalue weighted by Gasteiger charge is 1.95. The van der Waals surface area contributed by atoms with Crippen molar-refractivity contribution < 1.29 is 9.53 Å². The van der Waals surface area contributed by atoms with Gasteiger partial charge in [0.1, 0.15) is 0 Å². The van der Waals surface area contributed by atoms with Gasteiger partial charge in [-0.3, -0.25) is 4.79 Å². The van der Waals surface area contributed by atoms with Crippen molar-refractivity contribution in [2.45, 2.75) is 51.9 Å². The van der Waals surface area contributed by atoms with E-state index >= 15 is 0 Å². The highest BCUT2D eigenvalue weighted by atomic mass is 35.5. The highest BCUT2D eigenvalue weighted by Crippen LogP contribution is 2.04. The van der Waals surface area contributed by atoms with Crippen molar-refractivity contribution in [2.75, 3.05) is 13.2 Å². The van der Waals surface area contributed by atoms with E-state index in [-0.39, 0.29) is 5.24 Å². The Morgan fingerprint density at radius 3 is 2.36 bits per heavy atom. The Balaban J connectivity index is 2.88. The van der Waals surface area contributed by atoms with Gasteiger partial charge in [0, 0.05) is 13.0 Å². The van der Waals surface area contributed by atoms with Crippen LogP contribution >= 0.6 is 11.6 Å². The molecule has 14 heavy (non-hydrogen) atoms. The van der Waals surface area contributed by atoms with Crippen LogP contribution in [0.25, 0.3) is 0 Å². The third kappa shape index (κ3) is 11.9. The van der Waals surface area contributed by atoms with Gasteiger partial charge in [0.05, 0.1) is 6.61 Å². The first-order valence-electron chi connectivity index (χ1n) is 5.53. The van der Waals surface area contributed by atoms with Crippen LogP contribution in [0.5, 0.6) is 0 Å². The van der Waals surface area contributed by atoms with Gasteiger partial charge in [-0.05, 0) is 18.0 Å². The fraction of sp³-hybridized carbons (Fsp3) is 0.909. The number of ether oxygens (including phenoxy) is 1. The van der Waals surface area contributed by atoms with Crippen molar-refractivity contribution in [1.29, 1.82) is 0 Å². The first kappa shape index (κ1) is 13.9. The Bertz CT molecular complexity index is 137. The number of unbranched alkanes of at least 4 members (excludes halogenated alkanes) is 5. The molecule has 0 heterocycles. The zero-order valence-electron chi connectivity index (χ0n) is 9.06. The molecule has 0 atom stereocenters. The minimum atomic E-state index is -0.312. The van der Waals surface area contributed by atoms with Crippen molar-refractivity contribution in [2.24, 2.45) is 0 Å². The molecule has 0 amide bonds. The molecule has 0 saturated heterocycles. The fourth-order valence-corrected chi connectivity index (χ4v) is 1.32. The number of carbonyl (C=O) groups excluding carboxylic acids is 1. The first-order chi connectivity index (χ1) is 6.77. The van der Waals surface area contributed by atoms with Crippen molar-refractivity contribution in [3.63, 3.8) is 0 Å². The third-order valence-electron chi connectivity index (χ3n) is 2.09. The maximum absolute atomic E-state index is 10.3. The van der Waals surface area contributed by atoms with Crippen molar-refractivity contribution in [3.05, 3.63) is 0 Å². The minimum absolute atomic E-state index is 0.312. The van der Waals surface area contributed by atoms with Crippen LogP contribution in [-0.4, -0.2) is 18.5 Å². The van der Waals surface area contributed by atoms with Gasteiger partial charge in [-0.2, -0.15) is 0 Å². The van der Waals surface area contributed by atoms with Crippen LogP contribution in [0, 0.1) is 0 Å². The van der Waals surface area contributed by atoms with Crippen LogP contribution in [0.1, 0.15) is 51.9 Å². The van der Waals surface area contributed by atoms with Gasteiger partial charge >= 0.3 is 0 Å². The van der Waals surface area contributed by atoms with Gasteiger partial charge in [-0.15, -0.1) is 0 Å². The van der Waals surface area contributed by atoms with Gasteiger partial charge in [0.25, 0.3) is 0 Å². The molecule has 0 aliphatic heterocycles. The Morgan fingerprint density at radius 1 is 1.07 bits per heavy atom. The standard InChI is InChI=1S/C11H21ClO2/c1-2-3-4-5-6-7-9-14-10-8-11(12)13/h2-10H2,1H3. The van der Waals surface area contributed by atoms with E-state index in [1.807, 2.05) is 0 Å². The van der Waals surface area contributed by atoms with Crippen LogP contribution in [0.15, 0.2) is 0 Å². The molecule has 3 heteroatoms. The van der Waals surface area contributed by atoms with Gasteiger partial charge in [0.15, 0.2) is 0 Å². The first-order valence-corrected chi connectivity index (χ1v) is 5.91. The second kappa shape index (κ2) is 11.0. The van der Waals surface area contributed by atoms with E-state index in [1.54, 1.807) is 0 Å². The van der Waals surface area contributed by atoms with Crippen molar-refractivity contribution in [3.8, 4) is 0 Å². The summed E-state index contributed by atoms with van der Waals surface area (Å²) in [7, 11) is 0. The lowest BCUT2D eigenvalue weighted by atomic mass is 10.1. The monoisotopic (exact) mass is 220 g/mol. The maximum atomic E-state index is 10.3. The molecule has 0 rings (SSSR count). The van der Waals surface area contributed by atoms with Crippen LogP contribution in [0.4, 0.5) is 0 Å². The van der Waals surface area contributed by atoms with E-state index in [1.165, 1.54) is 32.1 Å². The van der Waals surface area contributed by atoms with Gasteiger partial charge in [0.2, 0.25) is 5.24 Å². The summed E-state index contributed by atoms with van der Waals surface area (Å²) < 4.78 is 5.25. The molecule has 84 valence electrons. The summed E-state index contributed by atoms with van der Waals surface area (Å²) in [4.78, 5) is 10.3. The molecule has 0 aromatic heterocycles. The molecule has 0 aliphatic carbocycles. The molecule has 0 saturated carbocycles. The largest absolute Gasteiger partial charge is 0.381 e. The summed E-state index contributed by atoms with van der Waals surface area (Å²) in [6.45, 7) is 3.44. The van der Waals surface area contributed by atoms with E-state index in [0.29, 0.717) is 13.0 Å². The summed E-state index contributed by atoms with van der Waals surface area (Å²) in [6, 6.07) is 0. The lowest BCUT2D eigenvalue weighted by Gasteiger charge is -2.02. The molecular weight excluding hydrogens is 200 g/mol. The second-order valence-corrected chi connectivity index (χ2v) is 3.91. The highest BCUT2D eigenvalue weighted by molar-refractivity contribution is 6.63. The molecule has 0 aromatic rings. The van der Waals surface area contributed by atoms with E-state index < -0.39 is 0 Å². The lowest BCUT2D eigenvalue weighted by Crippen LogP contribution is -2.00. The molecule has 2 nitrogen and oxygen atoms in total. The maximum Gasteiger partial charge on any atom is 0.223 e. The number of hydrogen-bond donors (Lipinski definition) is 0. The number of hydrogen-bond acceptors (Lipinski definition) is 2. The number of carbonyl (C=O) groups is 1. The van der Waals surface area contributed by atoms with Crippen molar-refractivity contribution in [1.82, 2.24) is 0 Å². The predicted molar refractivity (Wildman–Crippen MR) is 59.7 cm³/mol. The average Bonchev–Trinajstić information content (AvgIpc) is 2.15. The van der Waals surface area contributed by atoms with E-state index in [9.17, 15) is 4.79 Å². The Hall–Kier alpha value is -0.0800. The zero-order chi connectivity index (χ0) is 10.6. The van der Waals surface area contributed by atoms with E-state index in [0.717, 1.165) is 13.0 Å². The third-order valence-corrected chi connectivity index (χ3v) is 2.27. The molecule has 0 bridgehead atoms. The molecule has 0 N–H and O–H groups in total. The Morgan fingerprint density at radius 2 is 1.71 bits per heavy atom. The summed E-state index contributed by atoms with van der Waals surface area (Å²) in [5, 5.41) is -0.312. The van der Waals surface area contributed by atoms with E-state index in [2.05, 4.69) is 6.92 Å². The predicted octanol–water partition coefficient (Wildman–Crippen LogP) is 3.52. The summed E-state index contributed by atoms with van der Waals surface area (Å²) >= 11 is 5.16. The topological polar surface area (TPSA) is 26.3 Å². The molecular formula is C11H21ClO2. The molecule has 0 radical (unpaired) electrons. The molecule has 0 aliphatic rings. The van der Waals surface area contributed by atoms with Crippen molar-refractivity contribution >= 4 is 16.8 Å². The quantitative estimate of drug-likeness (QED) is 0.416. The molecule has 0 unspecified atom stereocenters. The van der Waals surface area contributed by atoms with Crippen LogP contribution < -0.4 is 0 Å². The van der Waals surface area contributed by atoms with Gasteiger partial charge in [-0.1, -0.05) is 39.0 Å². The zero-order valence-corrected chi connectivity index (χ0v) is 9.81. The summed E-state index contributed by atoms with van der Waals surface area (Å²) in [6.07, 6.45) is 7.91. The Kier molecular flexibility index (Phi) is 10.9. The second-order valence-electron chi connectivity index (χ2n) is 3.49. The number of rotatable bonds is 10. The van der Waals surface area contributed by atoms with Gasteiger partial charge in [-0.25, -0.2) is 0 Å². The normalized spacial score (nSPS) is 10.4. The Labute approximate surface area is 92.0 Å². The number of halogens is 1. The smallest absolute Gasteiger partial charge is 0.223 e. The van der Waals surface area contributed by atoms with Gasteiger partial charge < -0.3 is 4.74 Å². The summed E-state index contributed by atoms with van der Waals surface area (Å²) in [5.41, 5.74) is 0. The summed E-state index contributed by atoms with van der Waals surface area (Å²) in [5.74, 6) is 0. The van der Waals surface area contributed by atoms with E-state index in [4.69, 9.17) is 16.3 Å². The average molecular weight is 221 g/mol. The van der Waals surface area contributed by atoms with Crippen LogP contribution in [0.3, 0.4) is 0 Å². The van der Waals surface area contributed by atoms with Crippen LogP contribution in [0.2, 0.25) is 0 Å². The molecule has 0 fully saturated rings. The molecule has 0 spiro atoms. The fourth-order valence-electron chi connectivity index (χ4n) is 1.24.